The largest absolute Gasteiger partial charge is 0.481 e. The Bertz CT molecular complexity index is 1980. The second kappa shape index (κ2) is 19.5. The van der Waals surface area contributed by atoms with Gasteiger partial charge in [-0.15, -0.1) is 0 Å². The van der Waals surface area contributed by atoms with Gasteiger partial charge in [-0.3, -0.25) is 32.5 Å². The van der Waals surface area contributed by atoms with Crippen LogP contribution in [0.5, 0.6) is 0 Å². The van der Waals surface area contributed by atoms with Gasteiger partial charge in [0.25, 0.3) is 14.0 Å². The molecule has 56 heavy (non-hydrogen) atoms. The Hall–Kier alpha value is -2.49. The maximum Gasteiger partial charge on any atom is 0.481 e. The number of anilines is 1. The zero-order chi connectivity index (χ0) is 42.3. The summed E-state index contributed by atoms with van der Waals surface area (Å²) in [5.74, 6) is -1.80. The quantitative estimate of drug-likeness (QED) is 0.0380. The highest BCUT2D eigenvalue weighted by Crippen LogP contribution is 2.61. The highest BCUT2D eigenvalue weighted by atomic mass is 33.1. The van der Waals surface area contributed by atoms with E-state index in [9.17, 15) is 66.3 Å². The molecule has 2 unspecified atom stereocenters. The maximum absolute atomic E-state index is 12.7. The third kappa shape index (κ3) is 13.8. The molecule has 2 aromatic heterocycles. The summed E-state index contributed by atoms with van der Waals surface area (Å²) in [5.41, 5.74) is 4.17. The van der Waals surface area contributed by atoms with E-state index in [2.05, 4.69) is 34.4 Å². The zero-order valence-corrected chi connectivity index (χ0v) is 34.0. The van der Waals surface area contributed by atoms with E-state index >= 15 is 0 Å². The number of rotatable bonds is 22. The fourth-order valence-electron chi connectivity index (χ4n) is 4.68. The molecule has 2 aromatic rings. The highest BCUT2D eigenvalue weighted by Gasteiger charge is 2.50. The molecule has 2 amide bonds. The van der Waals surface area contributed by atoms with Crippen LogP contribution in [0.3, 0.4) is 0 Å². The Morgan fingerprint density at radius 2 is 1.71 bits per heavy atom. The predicted octanol–water partition coefficient (Wildman–Crippen LogP) is -1.21. The number of nitrogen functional groups attached to an aromatic ring is 1. The molecule has 1 fully saturated rings. The van der Waals surface area contributed by atoms with Crippen LogP contribution in [0.4, 0.5) is 5.82 Å². The Morgan fingerprint density at radius 1 is 1.05 bits per heavy atom. The molecule has 7 atom stereocenters. The van der Waals surface area contributed by atoms with E-state index in [0.29, 0.717) is 17.2 Å². The van der Waals surface area contributed by atoms with Crippen molar-refractivity contribution in [2.45, 2.75) is 70.7 Å². The number of amides is 2. The number of ether oxygens (including phenoxy) is 1. The Labute approximate surface area is 322 Å². The van der Waals surface area contributed by atoms with Crippen LogP contribution in [0.1, 0.15) is 46.3 Å². The van der Waals surface area contributed by atoms with Gasteiger partial charge >= 0.3 is 23.5 Å². The summed E-state index contributed by atoms with van der Waals surface area (Å²) in [6, 6.07) is 0. The topological polar surface area (TPSA) is 398 Å². The number of hydrogen-bond donors (Lipinski definition) is 9. The SMILES string of the molecule is CCCC(=O)S(=O)(=O)SCCNC(=O)CCNC(=O)[C@H](O)C(C)(C)COP(=O)(O)OP(=O)(O)OC[C@H]1O[C@@H](n2cnc3c(N)ncnc32)[C@H](O)[C@@H]1OP(=O)(O)O. The van der Waals surface area contributed by atoms with Gasteiger partial charge in [0.2, 0.25) is 11.8 Å². The van der Waals surface area contributed by atoms with Crippen molar-refractivity contribution in [1.82, 2.24) is 30.2 Å². The summed E-state index contributed by atoms with van der Waals surface area (Å²) in [6.45, 7) is 1.59. The molecular weight excluding hydrogens is 859 g/mol. The van der Waals surface area contributed by atoms with Crippen LogP contribution in [0.2, 0.25) is 0 Å². The van der Waals surface area contributed by atoms with Crippen LogP contribution in [0.15, 0.2) is 12.7 Å². The van der Waals surface area contributed by atoms with Crippen LogP contribution in [-0.2, 0) is 59.6 Å². The van der Waals surface area contributed by atoms with Crippen molar-refractivity contribution in [1.29, 1.82) is 0 Å². The Balaban J connectivity index is 1.50. The third-order valence-corrected chi connectivity index (χ3v) is 14.0. The number of nitrogens with two attached hydrogens (primary N) is 1. The molecule has 0 bridgehead atoms. The van der Waals surface area contributed by atoms with Crippen molar-refractivity contribution in [2.24, 2.45) is 5.41 Å². The van der Waals surface area contributed by atoms with Crippen molar-refractivity contribution >= 4 is 77.0 Å². The molecule has 0 spiro atoms. The van der Waals surface area contributed by atoms with Gasteiger partial charge in [-0.2, -0.15) is 4.31 Å². The zero-order valence-electron chi connectivity index (χ0n) is 29.7. The lowest BCUT2D eigenvalue weighted by atomic mass is 9.87. The number of carbonyl (C=O) groups excluding carboxylic acids is 3. The first kappa shape index (κ1) is 47.9. The van der Waals surface area contributed by atoms with Gasteiger partial charge in [-0.25, -0.2) is 37.1 Å². The average molecular weight is 902 g/mol. The molecule has 1 aliphatic rings. The fraction of sp³-hybridized carbons (Fsp3) is 0.680. The van der Waals surface area contributed by atoms with E-state index in [-0.39, 0.29) is 48.7 Å². The van der Waals surface area contributed by atoms with Gasteiger partial charge in [0.05, 0.1) is 19.5 Å². The van der Waals surface area contributed by atoms with Gasteiger partial charge in [0.15, 0.2) is 17.7 Å². The van der Waals surface area contributed by atoms with E-state index in [1.165, 1.54) is 13.8 Å². The second-order valence-corrected chi connectivity index (χ2v) is 20.7. The molecule has 0 aromatic carbocycles. The molecule has 0 saturated carbocycles. The molecule has 31 heteroatoms. The summed E-state index contributed by atoms with van der Waals surface area (Å²) >= 11 is 0. The first-order valence-corrected chi connectivity index (χ1v) is 23.6. The first-order valence-electron chi connectivity index (χ1n) is 16.1. The smallest absolute Gasteiger partial charge is 0.386 e. The lowest BCUT2D eigenvalue weighted by Crippen LogP contribution is -2.46. The highest BCUT2D eigenvalue weighted by molar-refractivity contribution is 8.77. The number of aromatic nitrogens is 4. The van der Waals surface area contributed by atoms with Gasteiger partial charge in [0, 0.05) is 37.1 Å². The molecular formula is C25H42N7O19P3S2. The number of phosphoric ester groups is 3. The molecule has 3 rings (SSSR count). The Morgan fingerprint density at radius 3 is 2.36 bits per heavy atom. The van der Waals surface area contributed by atoms with Crippen LogP contribution in [-0.4, -0.2) is 131 Å². The van der Waals surface area contributed by atoms with Crippen molar-refractivity contribution in [3.05, 3.63) is 12.7 Å². The summed E-state index contributed by atoms with van der Waals surface area (Å²) in [6.07, 6.45) is -6.96. The summed E-state index contributed by atoms with van der Waals surface area (Å²) < 4.78 is 85.6. The van der Waals surface area contributed by atoms with Gasteiger partial charge in [-0.05, 0) is 17.2 Å². The van der Waals surface area contributed by atoms with Crippen molar-refractivity contribution in [3.63, 3.8) is 0 Å². The predicted molar refractivity (Wildman–Crippen MR) is 191 cm³/mol. The number of hydrogen-bond acceptors (Lipinski definition) is 20. The molecule has 26 nitrogen and oxygen atoms in total. The minimum atomic E-state index is -5.60. The molecule has 0 radical (unpaired) electrons. The van der Waals surface area contributed by atoms with E-state index in [1.807, 2.05) is 0 Å². The standard InChI is InChI=1S/C25H42N7O19P3S2/c1-4-5-16(34)56(45,46)55-9-8-27-15(33)6-7-28-23(37)20(36)25(2,3)11-48-54(43,44)51-53(41,42)47-10-14-19(50-52(38,39)40)18(35)24(49-14)32-13-31-17-21(26)29-12-30-22(17)32/h12-14,18-20,24,35-36H,4-11H2,1-3H3,(H,27,33)(H,28,37)(H,41,42)(H,43,44)(H2,26,29,30)(H2,38,39,40)/t14-,18-,19-,20+,24-/m1/s1. The van der Waals surface area contributed by atoms with Crippen molar-refractivity contribution in [3.8, 4) is 0 Å². The minimum Gasteiger partial charge on any atom is -0.386 e. The van der Waals surface area contributed by atoms with Gasteiger partial charge < -0.3 is 50.9 Å². The molecule has 318 valence electrons. The lowest BCUT2D eigenvalue weighted by molar-refractivity contribution is -0.137. The number of imidazole rings is 1. The number of nitrogens with zero attached hydrogens (tertiary/aromatic N) is 4. The molecule has 0 aliphatic carbocycles. The van der Waals surface area contributed by atoms with E-state index in [4.69, 9.17) is 19.5 Å². The monoisotopic (exact) mass is 901 g/mol. The Kier molecular flexibility index (Phi) is 16.7. The van der Waals surface area contributed by atoms with Crippen molar-refractivity contribution in [2.75, 3.05) is 37.8 Å². The number of aliphatic hydroxyl groups is 2. The number of carbonyl (C=O) groups is 3. The normalized spacial score (nSPS) is 21.9. The summed E-state index contributed by atoms with van der Waals surface area (Å²) in [7, 11) is -20.1. The first-order chi connectivity index (χ1) is 25.8. The van der Waals surface area contributed by atoms with E-state index in [1.54, 1.807) is 6.92 Å². The lowest BCUT2D eigenvalue weighted by Gasteiger charge is -2.30. The molecule has 3 heterocycles. The average Bonchev–Trinajstić information content (AvgIpc) is 3.64. The third-order valence-electron chi connectivity index (χ3n) is 7.47. The minimum absolute atomic E-state index is 0.0164. The van der Waals surface area contributed by atoms with Crippen molar-refractivity contribution < 1.29 is 88.9 Å². The van der Waals surface area contributed by atoms with Crippen LogP contribution < -0.4 is 16.4 Å². The van der Waals surface area contributed by atoms with Crippen LogP contribution in [0.25, 0.3) is 11.2 Å². The van der Waals surface area contributed by atoms with Crippen LogP contribution in [0, 0.1) is 5.41 Å². The van der Waals surface area contributed by atoms with E-state index in [0.717, 1.165) is 17.2 Å². The number of aliphatic hydroxyl groups excluding tert-OH is 2. The second-order valence-electron chi connectivity index (χ2n) is 12.5. The number of phosphoric acid groups is 3. The molecule has 1 aliphatic heterocycles. The maximum atomic E-state index is 12.7. The number of nitrogens with one attached hydrogen (secondary N) is 2. The van der Waals surface area contributed by atoms with Crippen LogP contribution >= 0.6 is 34.3 Å². The van der Waals surface area contributed by atoms with Gasteiger partial charge in [-0.1, -0.05) is 20.8 Å². The van der Waals surface area contributed by atoms with E-state index < -0.39 is 98.5 Å². The number of fused-ring (bicyclic) bond motifs is 1. The molecule has 10 N–H and O–H groups in total. The summed E-state index contributed by atoms with van der Waals surface area (Å²) in [5, 5.41) is 25.1. The fourth-order valence-corrected chi connectivity index (χ4v) is 10.0. The van der Waals surface area contributed by atoms with Gasteiger partial charge in [0.1, 0.15) is 36.3 Å². The summed E-state index contributed by atoms with van der Waals surface area (Å²) in [4.78, 5) is 87.0. The molecule has 1 saturated heterocycles.